The third-order valence-electron chi connectivity index (χ3n) is 3.11. The number of piperidine rings is 1. The molecule has 96 valence electrons. The summed E-state index contributed by atoms with van der Waals surface area (Å²) in [5.74, 6) is -1.29. The Morgan fingerprint density at radius 1 is 1.44 bits per heavy atom. The van der Waals surface area contributed by atoms with E-state index in [-0.39, 0.29) is 18.7 Å². The highest BCUT2D eigenvalue weighted by Crippen LogP contribution is 2.34. The van der Waals surface area contributed by atoms with Crippen LogP contribution >= 0.6 is 0 Å². The van der Waals surface area contributed by atoms with E-state index in [1.165, 1.54) is 12.3 Å². The zero-order valence-corrected chi connectivity index (χ0v) is 9.61. The summed E-state index contributed by atoms with van der Waals surface area (Å²) in [4.78, 5) is 5.48. The Morgan fingerprint density at radius 3 is 2.89 bits per heavy atom. The van der Waals surface area contributed by atoms with Gasteiger partial charge in [0, 0.05) is 25.0 Å². The van der Waals surface area contributed by atoms with Gasteiger partial charge in [0.1, 0.15) is 11.8 Å². The average Bonchev–Trinajstić information content (AvgIpc) is 2.38. The topological polar surface area (TPSA) is 39.9 Å². The molecule has 2 rings (SSSR count). The van der Waals surface area contributed by atoms with Crippen LogP contribution < -0.4 is 4.90 Å². The lowest BCUT2D eigenvalue weighted by atomic mass is 9.97. The van der Waals surface area contributed by atoms with Crippen molar-refractivity contribution in [2.75, 3.05) is 18.0 Å². The zero-order valence-electron chi connectivity index (χ0n) is 9.61. The van der Waals surface area contributed by atoms with Crippen molar-refractivity contribution in [3.8, 4) is 6.07 Å². The van der Waals surface area contributed by atoms with E-state index in [0.717, 1.165) is 0 Å². The number of nitrogens with zero attached hydrogens (tertiary/aromatic N) is 3. The summed E-state index contributed by atoms with van der Waals surface area (Å²) in [6.45, 7) is 0.542. The maximum absolute atomic E-state index is 12.7. The maximum atomic E-state index is 12.7. The van der Waals surface area contributed by atoms with Crippen LogP contribution in [0.2, 0.25) is 0 Å². The van der Waals surface area contributed by atoms with Crippen LogP contribution in [0.15, 0.2) is 18.3 Å². The summed E-state index contributed by atoms with van der Waals surface area (Å²) in [5, 5.41) is 8.73. The molecule has 2 heterocycles. The minimum absolute atomic E-state index is 0.0433. The molecule has 1 aromatic heterocycles. The van der Waals surface area contributed by atoms with Gasteiger partial charge in [-0.3, -0.25) is 0 Å². The molecular formula is C12H12F3N3. The van der Waals surface area contributed by atoms with Crippen molar-refractivity contribution in [3.05, 3.63) is 24.0 Å². The van der Waals surface area contributed by atoms with Crippen LogP contribution in [-0.4, -0.2) is 24.2 Å². The summed E-state index contributed by atoms with van der Waals surface area (Å²) in [6.07, 6.45) is -2.01. The van der Waals surface area contributed by atoms with E-state index in [4.69, 9.17) is 5.26 Å². The minimum Gasteiger partial charge on any atom is -0.371 e. The Labute approximate surface area is 103 Å². The Hall–Kier alpha value is -1.77. The number of hydrogen-bond acceptors (Lipinski definition) is 3. The zero-order chi connectivity index (χ0) is 13.2. The van der Waals surface area contributed by atoms with E-state index in [0.29, 0.717) is 18.7 Å². The highest BCUT2D eigenvalue weighted by Gasteiger charge is 2.41. The van der Waals surface area contributed by atoms with Gasteiger partial charge in [-0.05, 0) is 25.0 Å². The molecule has 1 saturated heterocycles. The van der Waals surface area contributed by atoms with Crippen LogP contribution in [0.5, 0.6) is 0 Å². The van der Waals surface area contributed by atoms with Crippen molar-refractivity contribution in [3.63, 3.8) is 0 Å². The Morgan fingerprint density at radius 2 is 2.22 bits per heavy atom. The van der Waals surface area contributed by atoms with Crippen LogP contribution in [0, 0.1) is 17.2 Å². The van der Waals surface area contributed by atoms with Crippen LogP contribution in [0.4, 0.5) is 18.9 Å². The van der Waals surface area contributed by atoms with Gasteiger partial charge in [-0.1, -0.05) is 0 Å². The number of rotatable bonds is 1. The highest BCUT2D eigenvalue weighted by atomic mass is 19.4. The maximum Gasteiger partial charge on any atom is 0.393 e. The predicted octanol–water partition coefficient (Wildman–Crippen LogP) is 2.73. The van der Waals surface area contributed by atoms with Gasteiger partial charge < -0.3 is 4.90 Å². The fourth-order valence-electron chi connectivity index (χ4n) is 2.16. The molecule has 0 amide bonds. The van der Waals surface area contributed by atoms with Gasteiger partial charge in [0.05, 0.1) is 5.92 Å². The molecule has 0 aliphatic carbocycles. The summed E-state index contributed by atoms with van der Waals surface area (Å²) in [5.41, 5.74) is 0.858. The van der Waals surface area contributed by atoms with Crippen molar-refractivity contribution in [2.24, 2.45) is 5.92 Å². The van der Waals surface area contributed by atoms with E-state index in [1.54, 1.807) is 11.0 Å². The molecule has 1 aliphatic rings. The standard InChI is InChI=1S/C12H12F3N3/c13-12(14,15)9-2-1-5-18(8-9)11-3-4-17-10(6-11)7-16/h3-4,6,9H,1-2,5,8H2. The lowest BCUT2D eigenvalue weighted by Gasteiger charge is -2.35. The number of nitriles is 1. The fourth-order valence-corrected chi connectivity index (χ4v) is 2.16. The van der Waals surface area contributed by atoms with Crippen molar-refractivity contribution in [2.45, 2.75) is 19.0 Å². The van der Waals surface area contributed by atoms with E-state index in [9.17, 15) is 13.2 Å². The molecule has 0 radical (unpaired) electrons. The molecule has 0 bridgehead atoms. The van der Waals surface area contributed by atoms with Crippen LogP contribution in [0.3, 0.4) is 0 Å². The monoisotopic (exact) mass is 255 g/mol. The second-order valence-electron chi connectivity index (χ2n) is 4.34. The van der Waals surface area contributed by atoms with Crippen LogP contribution in [0.25, 0.3) is 0 Å². The second-order valence-corrected chi connectivity index (χ2v) is 4.34. The third-order valence-corrected chi connectivity index (χ3v) is 3.11. The number of alkyl halides is 3. The van der Waals surface area contributed by atoms with E-state index >= 15 is 0 Å². The molecular weight excluding hydrogens is 243 g/mol. The molecule has 3 nitrogen and oxygen atoms in total. The molecule has 1 fully saturated rings. The summed E-state index contributed by atoms with van der Waals surface area (Å²) in [7, 11) is 0. The van der Waals surface area contributed by atoms with E-state index in [2.05, 4.69) is 4.98 Å². The molecule has 1 aliphatic heterocycles. The average molecular weight is 255 g/mol. The van der Waals surface area contributed by atoms with E-state index < -0.39 is 12.1 Å². The number of hydrogen-bond donors (Lipinski definition) is 0. The van der Waals surface area contributed by atoms with Crippen molar-refractivity contribution < 1.29 is 13.2 Å². The smallest absolute Gasteiger partial charge is 0.371 e. The number of aromatic nitrogens is 1. The molecule has 0 aromatic carbocycles. The van der Waals surface area contributed by atoms with Gasteiger partial charge in [-0.2, -0.15) is 18.4 Å². The van der Waals surface area contributed by atoms with Crippen molar-refractivity contribution >= 4 is 5.69 Å². The first kappa shape index (κ1) is 12.7. The van der Waals surface area contributed by atoms with Gasteiger partial charge in [0.2, 0.25) is 0 Å². The van der Waals surface area contributed by atoms with Gasteiger partial charge >= 0.3 is 6.18 Å². The van der Waals surface area contributed by atoms with E-state index in [1.807, 2.05) is 6.07 Å². The SMILES string of the molecule is N#Cc1cc(N2CCCC(C(F)(F)F)C2)ccn1. The molecule has 0 N–H and O–H groups in total. The highest BCUT2D eigenvalue weighted by molar-refractivity contribution is 5.49. The Bertz CT molecular complexity index is 464. The predicted molar refractivity (Wildman–Crippen MR) is 59.9 cm³/mol. The van der Waals surface area contributed by atoms with Gasteiger partial charge in [-0.25, -0.2) is 4.98 Å². The van der Waals surface area contributed by atoms with Crippen molar-refractivity contribution in [1.82, 2.24) is 4.98 Å². The Kier molecular flexibility index (Phi) is 3.41. The van der Waals surface area contributed by atoms with Crippen molar-refractivity contribution in [1.29, 1.82) is 5.26 Å². The lowest BCUT2D eigenvalue weighted by molar-refractivity contribution is -0.175. The van der Waals surface area contributed by atoms with Gasteiger partial charge in [0.15, 0.2) is 0 Å². The molecule has 6 heteroatoms. The minimum atomic E-state index is -4.15. The molecule has 1 aromatic rings. The molecule has 18 heavy (non-hydrogen) atoms. The largest absolute Gasteiger partial charge is 0.393 e. The van der Waals surface area contributed by atoms with Gasteiger partial charge in [-0.15, -0.1) is 0 Å². The quantitative estimate of drug-likeness (QED) is 0.774. The van der Waals surface area contributed by atoms with Crippen LogP contribution in [0.1, 0.15) is 18.5 Å². The normalized spacial score (nSPS) is 20.6. The second kappa shape index (κ2) is 4.84. The molecule has 1 unspecified atom stereocenters. The summed E-state index contributed by atoms with van der Waals surface area (Å²) >= 11 is 0. The number of pyridine rings is 1. The molecule has 1 atom stereocenters. The Balaban J connectivity index is 2.16. The lowest BCUT2D eigenvalue weighted by Crippen LogP contribution is -2.41. The first-order valence-electron chi connectivity index (χ1n) is 5.68. The summed E-state index contributed by atoms with van der Waals surface area (Å²) in [6, 6.07) is 5.05. The van der Waals surface area contributed by atoms with Gasteiger partial charge in [0.25, 0.3) is 0 Å². The first-order valence-corrected chi connectivity index (χ1v) is 5.68. The number of halogens is 3. The molecule has 0 saturated carbocycles. The number of anilines is 1. The fraction of sp³-hybridized carbons (Fsp3) is 0.500. The first-order chi connectivity index (χ1) is 8.50. The molecule has 0 spiro atoms. The van der Waals surface area contributed by atoms with Crippen LogP contribution in [-0.2, 0) is 0 Å². The third kappa shape index (κ3) is 2.73. The summed E-state index contributed by atoms with van der Waals surface area (Å²) < 4.78 is 38.1.